The fourth-order valence-corrected chi connectivity index (χ4v) is 3.06. The summed E-state index contributed by atoms with van der Waals surface area (Å²) in [5.41, 5.74) is 4.58. The van der Waals surface area contributed by atoms with E-state index in [2.05, 4.69) is 15.8 Å². The van der Waals surface area contributed by atoms with Gasteiger partial charge >= 0.3 is 0 Å². The Morgan fingerprint density at radius 3 is 2.45 bits per heavy atom. The van der Waals surface area contributed by atoms with Gasteiger partial charge in [-0.15, -0.1) is 11.3 Å². The number of carbonyl (C=O) groups excluding carboxylic acids is 2. The number of nitrogens with one attached hydrogen (secondary N) is 2. The first-order chi connectivity index (χ1) is 14.0. The number of anilines is 1. The van der Waals surface area contributed by atoms with Gasteiger partial charge in [0.2, 0.25) is 0 Å². The lowest BCUT2D eigenvalue weighted by molar-refractivity contribution is -0.123. The highest BCUT2D eigenvalue weighted by Gasteiger charge is 2.07. The van der Waals surface area contributed by atoms with Crippen LogP contribution in [0.15, 0.2) is 71.1 Å². The average molecular weight is 428 g/mol. The Kier molecular flexibility index (Phi) is 6.99. The fraction of sp³-hybridized carbons (Fsp3) is 0.0952. The molecule has 0 saturated heterocycles. The molecular weight excluding hydrogens is 410 g/mol. The van der Waals surface area contributed by atoms with Crippen molar-refractivity contribution >= 4 is 46.2 Å². The van der Waals surface area contributed by atoms with Gasteiger partial charge in [0.25, 0.3) is 11.8 Å². The van der Waals surface area contributed by atoms with E-state index in [4.69, 9.17) is 16.3 Å². The molecule has 1 heterocycles. The Labute approximate surface area is 177 Å². The zero-order valence-corrected chi connectivity index (χ0v) is 17.1. The summed E-state index contributed by atoms with van der Waals surface area (Å²) in [5, 5.41) is 9.37. The first-order valence-corrected chi connectivity index (χ1v) is 9.94. The van der Waals surface area contributed by atoms with E-state index in [1.807, 2.05) is 23.6 Å². The van der Waals surface area contributed by atoms with Gasteiger partial charge in [-0.05, 0) is 60.3 Å². The molecule has 2 aromatic carbocycles. The zero-order chi connectivity index (χ0) is 20.6. The van der Waals surface area contributed by atoms with Crippen molar-refractivity contribution in [1.29, 1.82) is 0 Å². The van der Waals surface area contributed by atoms with Gasteiger partial charge in [-0.1, -0.05) is 29.8 Å². The van der Waals surface area contributed by atoms with Gasteiger partial charge in [0.15, 0.2) is 6.61 Å². The molecule has 29 heavy (non-hydrogen) atoms. The molecule has 6 nitrogen and oxygen atoms in total. The average Bonchev–Trinajstić information content (AvgIpc) is 3.27. The first-order valence-electron chi connectivity index (χ1n) is 8.68. The number of benzene rings is 2. The lowest BCUT2D eigenvalue weighted by atomic mass is 10.1. The Bertz CT molecular complexity index is 1000. The predicted molar refractivity (Wildman–Crippen MR) is 116 cm³/mol. The van der Waals surface area contributed by atoms with Crippen LogP contribution < -0.4 is 15.5 Å². The van der Waals surface area contributed by atoms with E-state index in [0.717, 1.165) is 5.56 Å². The summed E-state index contributed by atoms with van der Waals surface area (Å²) in [6.45, 7) is 1.62. The zero-order valence-electron chi connectivity index (χ0n) is 15.5. The van der Waals surface area contributed by atoms with Gasteiger partial charge in [0, 0.05) is 10.7 Å². The van der Waals surface area contributed by atoms with E-state index >= 15 is 0 Å². The van der Waals surface area contributed by atoms with E-state index in [-0.39, 0.29) is 18.4 Å². The molecule has 0 aliphatic rings. The lowest BCUT2D eigenvalue weighted by Gasteiger charge is -2.07. The van der Waals surface area contributed by atoms with Crippen LogP contribution in [0.2, 0.25) is 5.02 Å². The van der Waals surface area contributed by atoms with Crippen molar-refractivity contribution in [2.75, 3.05) is 11.9 Å². The minimum atomic E-state index is -0.376. The predicted octanol–water partition coefficient (Wildman–Crippen LogP) is 4.57. The second kappa shape index (κ2) is 9.86. The molecule has 2 N–H and O–H groups in total. The van der Waals surface area contributed by atoms with Crippen molar-refractivity contribution < 1.29 is 14.3 Å². The van der Waals surface area contributed by atoms with Crippen LogP contribution in [0.4, 0.5) is 5.69 Å². The topological polar surface area (TPSA) is 79.8 Å². The van der Waals surface area contributed by atoms with E-state index in [1.54, 1.807) is 49.4 Å². The number of thiophene rings is 1. The van der Waals surface area contributed by atoms with Gasteiger partial charge in [-0.3, -0.25) is 9.59 Å². The van der Waals surface area contributed by atoms with E-state index in [0.29, 0.717) is 27.0 Å². The summed E-state index contributed by atoms with van der Waals surface area (Å²) in [6, 6.07) is 17.5. The van der Waals surface area contributed by atoms with E-state index < -0.39 is 0 Å². The molecular formula is C21H18ClN3O3S. The highest BCUT2D eigenvalue weighted by Crippen LogP contribution is 2.16. The minimum absolute atomic E-state index is 0.147. The largest absolute Gasteiger partial charge is 0.484 e. The number of carbonyl (C=O) groups is 2. The summed E-state index contributed by atoms with van der Waals surface area (Å²) in [5.74, 6) is 0.0238. The van der Waals surface area contributed by atoms with Crippen LogP contribution in [-0.4, -0.2) is 24.1 Å². The van der Waals surface area contributed by atoms with Crippen molar-refractivity contribution in [3.63, 3.8) is 0 Å². The van der Waals surface area contributed by atoms with Gasteiger partial charge in [-0.25, -0.2) is 5.43 Å². The van der Waals surface area contributed by atoms with Crippen molar-refractivity contribution in [1.82, 2.24) is 5.43 Å². The Morgan fingerprint density at radius 2 is 1.79 bits per heavy atom. The second-order valence-corrected chi connectivity index (χ2v) is 7.37. The molecule has 0 aliphatic heterocycles. The van der Waals surface area contributed by atoms with Gasteiger partial charge in [0.05, 0.1) is 10.6 Å². The summed E-state index contributed by atoms with van der Waals surface area (Å²) >= 11 is 7.19. The summed E-state index contributed by atoms with van der Waals surface area (Å²) in [6.07, 6.45) is 0. The fourth-order valence-electron chi connectivity index (χ4n) is 2.32. The summed E-state index contributed by atoms with van der Waals surface area (Å²) in [7, 11) is 0. The third-order valence-electron chi connectivity index (χ3n) is 3.84. The second-order valence-electron chi connectivity index (χ2n) is 5.98. The molecule has 0 spiro atoms. The molecule has 0 saturated carbocycles. The molecule has 3 aromatic rings. The molecule has 0 aliphatic carbocycles. The van der Waals surface area contributed by atoms with Crippen LogP contribution in [0.1, 0.15) is 22.2 Å². The van der Waals surface area contributed by atoms with Crippen LogP contribution in [0.3, 0.4) is 0 Å². The maximum atomic E-state index is 12.1. The number of hydrogen-bond donors (Lipinski definition) is 2. The van der Waals surface area contributed by atoms with Crippen molar-refractivity contribution in [2.24, 2.45) is 5.10 Å². The summed E-state index contributed by atoms with van der Waals surface area (Å²) < 4.78 is 5.36. The van der Waals surface area contributed by atoms with Gasteiger partial charge in [0.1, 0.15) is 5.75 Å². The van der Waals surface area contributed by atoms with Crippen LogP contribution in [-0.2, 0) is 4.79 Å². The molecule has 0 fully saturated rings. The number of nitrogens with zero attached hydrogens (tertiary/aromatic N) is 1. The van der Waals surface area contributed by atoms with Crippen molar-refractivity contribution in [3.8, 4) is 5.75 Å². The van der Waals surface area contributed by atoms with Gasteiger partial charge in [-0.2, -0.15) is 5.10 Å². The van der Waals surface area contributed by atoms with Crippen molar-refractivity contribution in [3.05, 3.63) is 81.5 Å². The Balaban J connectivity index is 1.50. The van der Waals surface area contributed by atoms with Crippen molar-refractivity contribution in [2.45, 2.75) is 6.92 Å². The third kappa shape index (κ3) is 6.17. The van der Waals surface area contributed by atoms with E-state index in [9.17, 15) is 9.59 Å². The molecule has 2 amide bonds. The first kappa shape index (κ1) is 20.6. The SMILES string of the molecule is C/C(=N\NC(=O)COc1ccc(Cl)cc1)c1ccc(NC(=O)c2cccs2)cc1. The van der Waals surface area contributed by atoms with E-state index in [1.165, 1.54) is 11.3 Å². The maximum absolute atomic E-state index is 12.1. The van der Waals surface area contributed by atoms with Crippen LogP contribution in [0.5, 0.6) is 5.75 Å². The number of ether oxygens (including phenoxy) is 1. The molecule has 148 valence electrons. The standard InChI is InChI=1S/C21H18ClN3O3S/c1-14(24-25-20(26)13-28-18-10-6-16(22)7-11-18)15-4-8-17(9-5-15)23-21(27)19-3-2-12-29-19/h2-12H,13H2,1H3,(H,23,27)(H,25,26)/b24-14+. The molecule has 8 heteroatoms. The number of hydrogen-bond acceptors (Lipinski definition) is 5. The number of hydrazone groups is 1. The molecule has 3 rings (SSSR count). The highest BCUT2D eigenvalue weighted by atomic mass is 35.5. The molecule has 0 atom stereocenters. The quantitative estimate of drug-likeness (QED) is 0.428. The highest BCUT2D eigenvalue weighted by molar-refractivity contribution is 7.12. The van der Waals surface area contributed by atoms with Gasteiger partial charge < -0.3 is 10.1 Å². The lowest BCUT2D eigenvalue weighted by Crippen LogP contribution is -2.25. The number of rotatable bonds is 7. The Morgan fingerprint density at radius 1 is 1.07 bits per heavy atom. The molecule has 1 aromatic heterocycles. The van der Waals surface area contributed by atoms with Crippen LogP contribution >= 0.6 is 22.9 Å². The maximum Gasteiger partial charge on any atom is 0.277 e. The normalized spacial score (nSPS) is 11.0. The molecule has 0 bridgehead atoms. The van der Waals surface area contributed by atoms with Crippen LogP contribution in [0, 0.1) is 0 Å². The molecule has 0 radical (unpaired) electrons. The summed E-state index contributed by atoms with van der Waals surface area (Å²) in [4.78, 5) is 24.6. The number of halogens is 1. The number of amides is 2. The minimum Gasteiger partial charge on any atom is -0.484 e. The smallest absolute Gasteiger partial charge is 0.277 e. The van der Waals surface area contributed by atoms with Crippen LogP contribution in [0.25, 0.3) is 0 Å². The Hall–Kier alpha value is -3.16. The third-order valence-corrected chi connectivity index (χ3v) is 4.96. The molecule has 0 unspecified atom stereocenters. The monoisotopic (exact) mass is 427 g/mol.